The van der Waals surface area contributed by atoms with Crippen LogP contribution in [0.15, 0.2) is 73.2 Å². The summed E-state index contributed by atoms with van der Waals surface area (Å²) < 4.78 is 8.01. The van der Waals surface area contributed by atoms with Crippen molar-refractivity contribution >= 4 is 11.5 Å². The monoisotopic (exact) mass is 399 g/mol. The molecule has 1 aromatic carbocycles. The first-order chi connectivity index (χ1) is 14.8. The third kappa shape index (κ3) is 4.19. The third-order valence-electron chi connectivity index (χ3n) is 5.69. The number of hydrogen-bond acceptors (Lipinski definition) is 5. The minimum atomic E-state index is 0.339. The zero-order valence-corrected chi connectivity index (χ0v) is 16.8. The summed E-state index contributed by atoms with van der Waals surface area (Å²) in [4.78, 5) is 8.57. The van der Waals surface area contributed by atoms with Crippen LogP contribution < -0.4 is 5.32 Å². The largest absolute Gasteiger partial charge is 0.374 e. The number of hydrogen-bond donors (Lipinski definition) is 1. The summed E-state index contributed by atoms with van der Waals surface area (Å²) in [5, 5.41) is 8.40. The summed E-state index contributed by atoms with van der Waals surface area (Å²) in [5.74, 6) is 0.879. The minimum Gasteiger partial charge on any atom is -0.374 e. The Bertz CT molecular complexity index is 1090. The Morgan fingerprint density at radius 2 is 1.73 bits per heavy atom. The van der Waals surface area contributed by atoms with E-state index in [1.165, 1.54) is 5.56 Å². The van der Waals surface area contributed by atoms with Crippen molar-refractivity contribution in [3.63, 3.8) is 0 Å². The van der Waals surface area contributed by atoms with Crippen LogP contribution in [0.4, 0.5) is 5.82 Å². The quantitative estimate of drug-likeness (QED) is 0.508. The van der Waals surface area contributed by atoms with E-state index >= 15 is 0 Å². The Balaban J connectivity index is 1.20. The molecule has 1 N–H and O–H groups in total. The van der Waals surface area contributed by atoms with Crippen molar-refractivity contribution in [1.82, 2.24) is 19.6 Å². The van der Waals surface area contributed by atoms with Gasteiger partial charge in [-0.1, -0.05) is 30.3 Å². The number of pyridine rings is 1. The van der Waals surface area contributed by atoms with Crippen molar-refractivity contribution in [2.75, 3.05) is 5.32 Å². The molecule has 5 rings (SSSR count). The number of aromatic nitrogens is 4. The number of rotatable bonds is 6. The van der Waals surface area contributed by atoms with E-state index in [4.69, 9.17) is 9.84 Å². The van der Waals surface area contributed by atoms with Crippen LogP contribution >= 0.6 is 0 Å². The Kier molecular flexibility index (Phi) is 5.40. The smallest absolute Gasteiger partial charge is 0.154 e. The van der Waals surface area contributed by atoms with Crippen LogP contribution in [0.3, 0.4) is 0 Å². The van der Waals surface area contributed by atoms with Gasteiger partial charge in [-0.05, 0) is 55.5 Å². The number of imidazole rings is 1. The molecule has 4 aromatic rings. The highest BCUT2D eigenvalue weighted by Crippen LogP contribution is 2.25. The standard InChI is InChI=1S/C24H25N5O/c1-2-4-18(5-3-1)17-30-21-8-6-20(7-9-21)27-23-10-11-24-26-16-22(29(24)28-23)19-12-14-25-15-13-19/h1-5,10-16,20-21H,6-9,17H2,(H,27,28)/t20-,21-. The second-order valence-corrected chi connectivity index (χ2v) is 7.78. The van der Waals surface area contributed by atoms with Gasteiger partial charge < -0.3 is 10.1 Å². The second kappa shape index (κ2) is 8.63. The summed E-state index contributed by atoms with van der Waals surface area (Å²) in [6.45, 7) is 0.695. The molecule has 1 aliphatic rings. The van der Waals surface area contributed by atoms with Crippen LogP contribution in [0.2, 0.25) is 0 Å². The molecule has 1 saturated carbocycles. The number of ether oxygens (including phenoxy) is 1. The number of nitrogens with one attached hydrogen (secondary N) is 1. The summed E-state index contributed by atoms with van der Waals surface area (Å²) in [6.07, 6.45) is 10.1. The second-order valence-electron chi connectivity index (χ2n) is 7.78. The molecule has 3 aromatic heterocycles. The van der Waals surface area contributed by atoms with E-state index < -0.39 is 0 Å². The summed E-state index contributed by atoms with van der Waals surface area (Å²) in [5.41, 5.74) is 4.10. The first-order valence-electron chi connectivity index (χ1n) is 10.5. The van der Waals surface area contributed by atoms with Gasteiger partial charge in [-0.3, -0.25) is 4.98 Å². The Hall–Kier alpha value is -3.25. The first-order valence-corrected chi connectivity index (χ1v) is 10.5. The Morgan fingerprint density at radius 3 is 2.53 bits per heavy atom. The number of benzene rings is 1. The van der Waals surface area contributed by atoms with Gasteiger partial charge in [0.15, 0.2) is 5.65 Å². The number of anilines is 1. The van der Waals surface area contributed by atoms with Gasteiger partial charge >= 0.3 is 0 Å². The molecular weight excluding hydrogens is 374 g/mol. The highest BCUT2D eigenvalue weighted by atomic mass is 16.5. The van der Waals surface area contributed by atoms with Gasteiger partial charge in [-0.15, -0.1) is 5.10 Å². The third-order valence-corrected chi connectivity index (χ3v) is 5.69. The van der Waals surface area contributed by atoms with Gasteiger partial charge in [0, 0.05) is 24.0 Å². The SMILES string of the molecule is c1ccc(CO[C@H]2CC[C@H](Nc3ccc4ncc(-c5ccncc5)n4n3)CC2)cc1. The van der Waals surface area contributed by atoms with Crippen LogP contribution in [0, 0.1) is 0 Å². The molecule has 6 nitrogen and oxygen atoms in total. The lowest BCUT2D eigenvalue weighted by Crippen LogP contribution is -2.30. The lowest BCUT2D eigenvalue weighted by molar-refractivity contribution is 0.0149. The molecule has 1 aliphatic carbocycles. The maximum Gasteiger partial charge on any atom is 0.154 e. The number of fused-ring (bicyclic) bond motifs is 1. The molecule has 0 radical (unpaired) electrons. The fourth-order valence-electron chi connectivity index (χ4n) is 4.04. The predicted octanol–water partition coefficient (Wildman–Crippen LogP) is 4.73. The fourth-order valence-corrected chi connectivity index (χ4v) is 4.04. The molecule has 0 saturated heterocycles. The van der Waals surface area contributed by atoms with Gasteiger partial charge in [0.1, 0.15) is 5.82 Å². The molecule has 30 heavy (non-hydrogen) atoms. The van der Waals surface area contributed by atoms with Crippen LogP contribution in [-0.4, -0.2) is 31.7 Å². The van der Waals surface area contributed by atoms with Gasteiger partial charge in [0.2, 0.25) is 0 Å². The lowest BCUT2D eigenvalue weighted by Gasteiger charge is -2.29. The minimum absolute atomic E-state index is 0.339. The average Bonchev–Trinajstić information content (AvgIpc) is 3.23. The number of nitrogens with zero attached hydrogens (tertiary/aromatic N) is 4. The van der Waals surface area contributed by atoms with E-state index in [1.807, 2.05) is 41.0 Å². The van der Waals surface area contributed by atoms with Crippen LogP contribution in [0.25, 0.3) is 16.9 Å². The van der Waals surface area contributed by atoms with E-state index in [-0.39, 0.29) is 0 Å². The average molecular weight is 399 g/mol. The van der Waals surface area contributed by atoms with E-state index in [1.54, 1.807) is 12.4 Å². The zero-order valence-electron chi connectivity index (χ0n) is 16.8. The zero-order chi connectivity index (χ0) is 20.2. The van der Waals surface area contributed by atoms with Crippen LogP contribution in [0.1, 0.15) is 31.2 Å². The van der Waals surface area contributed by atoms with Crippen LogP contribution in [-0.2, 0) is 11.3 Å². The van der Waals surface area contributed by atoms with E-state index in [9.17, 15) is 0 Å². The molecule has 6 heteroatoms. The predicted molar refractivity (Wildman–Crippen MR) is 117 cm³/mol. The summed E-state index contributed by atoms with van der Waals surface area (Å²) in [7, 11) is 0. The molecule has 152 valence electrons. The van der Waals surface area contributed by atoms with Gasteiger partial charge in [-0.25, -0.2) is 9.50 Å². The molecule has 0 aliphatic heterocycles. The molecule has 0 spiro atoms. The van der Waals surface area contributed by atoms with Crippen molar-refractivity contribution in [3.8, 4) is 11.3 Å². The molecule has 0 unspecified atom stereocenters. The normalized spacial score (nSPS) is 19.1. The van der Waals surface area contributed by atoms with Gasteiger partial charge in [0.05, 0.1) is 24.6 Å². The topological polar surface area (TPSA) is 64.3 Å². The Morgan fingerprint density at radius 1 is 0.933 bits per heavy atom. The maximum atomic E-state index is 6.12. The van der Waals surface area contributed by atoms with Crippen molar-refractivity contribution in [2.45, 2.75) is 44.4 Å². The molecule has 0 bridgehead atoms. The van der Waals surface area contributed by atoms with E-state index in [0.29, 0.717) is 18.8 Å². The molecule has 0 amide bonds. The molecule has 3 heterocycles. The first kappa shape index (κ1) is 18.8. The van der Waals surface area contributed by atoms with E-state index in [2.05, 4.69) is 39.6 Å². The maximum absolute atomic E-state index is 6.12. The Labute approximate surface area is 176 Å². The van der Waals surface area contributed by atoms with E-state index in [0.717, 1.165) is 48.4 Å². The molecular formula is C24H25N5O. The van der Waals surface area contributed by atoms with Gasteiger partial charge in [-0.2, -0.15) is 0 Å². The molecule has 0 atom stereocenters. The van der Waals surface area contributed by atoms with Crippen molar-refractivity contribution < 1.29 is 4.74 Å². The molecule has 1 fully saturated rings. The van der Waals surface area contributed by atoms with Crippen molar-refractivity contribution in [2.24, 2.45) is 0 Å². The highest BCUT2D eigenvalue weighted by molar-refractivity contribution is 5.63. The van der Waals surface area contributed by atoms with Crippen molar-refractivity contribution in [1.29, 1.82) is 0 Å². The summed E-state index contributed by atoms with van der Waals surface area (Å²) in [6, 6.07) is 18.8. The summed E-state index contributed by atoms with van der Waals surface area (Å²) >= 11 is 0. The van der Waals surface area contributed by atoms with Crippen LogP contribution in [0.5, 0.6) is 0 Å². The fraction of sp³-hybridized carbons (Fsp3) is 0.292. The van der Waals surface area contributed by atoms with Gasteiger partial charge in [0.25, 0.3) is 0 Å². The lowest BCUT2D eigenvalue weighted by atomic mass is 9.93. The highest BCUT2D eigenvalue weighted by Gasteiger charge is 2.22. The van der Waals surface area contributed by atoms with Crippen molar-refractivity contribution in [3.05, 3.63) is 78.8 Å².